The molecule has 0 saturated carbocycles. The van der Waals surface area contributed by atoms with Crippen molar-refractivity contribution in [2.45, 2.75) is 39.7 Å². The lowest BCUT2D eigenvalue weighted by Gasteiger charge is -2.26. The first kappa shape index (κ1) is 23.4. The van der Waals surface area contributed by atoms with Crippen LogP contribution < -0.4 is 20.1 Å². The quantitative estimate of drug-likeness (QED) is 0.475. The van der Waals surface area contributed by atoms with Gasteiger partial charge in [-0.15, -0.1) is 0 Å². The number of benzene rings is 2. The smallest absolute Gasteiger partial charge is 0.253 e. The van der Waals surface area contributed by atoms with Crippen molar-refractivity contribution >= 4 is 17.6 Å². The lowest BCUT2D eigenvalue weighted by molar-refractivity contribution is 0.0724. The molecule has 0 unspecified atom stereocenters. The van der Waals surface area contributed by atoms with Crippen LogP contribution in [0.4, 0.5) is 5.69 Å². The van der Waals surface area contributed by atoms with E-state index in [0.717, 1.165) is 49.3 Å². The summed E-state index contributed by atoms with van der Waals surface area (Å²) in [5.41, 5.74) is 2.64. The van der Waals surface area contributed by atoms with E-state index in [9.17, 15) is 4.79 Å². The highest BCUT2D eigenvalue weighted by molar-refractivity contribution is 5.95. The second-order valence-corrected chi connectivity index (χ2v) is 7.67. The van der Waals surface area contributed by atoms with Gasteiger partial charge in [0.2, 0.25) is 0 Å². The minimum Gasteiger partial charge on any atom is -0.493 e. The normalized spacial score (nSPS) is 14.1. The fraction of sp³-hybridized carbons (Fsp3) is 0.440. The van der Waals surface area contributed by atoms with E-state index in [1.54, 1.807) is 7.11 Å². The van der Waals surface area contributed by atoms with Gasteiger partial charge in [-0.1, -0.05) is 12.1 Å². The van der Waals surface area contributed by atoms with E-state index in [1.807, 2.05) is 61.2 Å². The third kappa shape index (κ3) is 6.39. The van der Waals surface area contributed by atoms with Crippen LogP contribution in [-0.4, -0.2) is 50.1 Å². The number of hydrogen-bond acceptors (Lipinski definition) is 4. The Labute approximate surface area is 190 Å². The molecule has 0 bridgehead atoms. The topological polar surface area (TPSA) is 75.2 Å². The molecule has 0 aromatic heterocycles. The highest BCUT2D eigenvalue weighted by Crippen LogP contribution is 2.30. The van der Waals surface area contributed by atoms with Crippen molar-refractivity contribution in [2.75, 3.05) is 38.7 Å². The summed E-state index contributed by atoms with van der Waals surface area (Å²) < 4.78 is 11.0. The molecule has 7 heteroatoms. The fourth-order valence-electron chi connectivity index (χ4n) is 3.67. The summed E-state index contributed by atoms with van der Waals surface area (Å²) in [6.45, 7) is 7.49. The number of aliphatic imine (C=N–C) groups is 1. The van der Waals surface area contributed by atoms with Crippen molar-refractivity contribution < 1.29 is 14.3 Å². The lowest BCUT2D eigenvalue weighted by atomic mass is 10.1. The van der Waals surface area contributed by atoms with Crippen LogP contribution in [0.1, 0.15) is 49.0 Å². The molecule has 7 nitrogen and oxygen atoms in total. The standard InChI is InChI=1S/C25H34N4O3/c1-4-26-25(28-21-13-14-22(31-3)23(17-21)32-5-2)27-18-19-9-11-20(12-10-19)24(30)29-15-7-6-8-16-29/h9-14,17H,4-8,15-16,18H2,1-3H3,(H2,26,27,28). The predicted octanol–water partition coefficient (Wildman–Crippen LogP) is 4.30. The summed E-state index contributed by atoms with van der Waals surface area (Å²) in [5, 5.41) is 6.58. The molecular weight excluding hydrogens is 404 g/mol. The second kappa shape index (κ2) is 12.0. The number of ether oxygens (including phenoxy) is 2. The van der Waals surface area contributed by atoms with Crippen LogP contribution in [0.2, 0.25) is 0 Å². The maximum absolute atomic E-state index is 12.6. The van der Waals surface area contributed by atoms with Gasteiger partial charge in [-0.25, -0.2) is 4.99 Å². The van der Waals surface area contributed by atoms with Gasteiger partial charge in [0.05, 0.1) is 20.3 Å². The molecule has 1 fully saturated rings. The summed E-state index contributed by atoms with van der Waals surface area (Å²) in [6, 6.07) is 13.5. The van der Waals surface area contributed by atoms with E-state index in [2.05, 4.69) is 15.6 Å². The second-order valence-electron chi connectivity index (χ2n) is 7.67. The average Bonchev–Trinajstić information content (AvgIpc) is 2.83. The Morgan fingerprint density at radius 3 is 2.44 bits per heavy atom. The Balaban J connectivity index is 1.66. The average molecular weight is 439 g/mol. The molecule has 2 aromatic carbocycles. The molecule has 1 saturated heterocycles. The SMILES string of the molecule is CCNC(=NCc1ccc(C(=O)N2CCCCC2)cc1)Nc1ccc(OC)c(OCC)c1. The maximum atomic E-state index is 12.6. The van der Waals surface area contributed by atoms with Gasteiger partial charge in [-0.3, -0.25) is 4.79 Å². The Kier molecular flexibility index (Phi) is 8.78. The highest BCUT2D eigenvalue weighted by Gasteiger charge is 2.17. The molecule has 3 rings (SSSR count). The third-order valence-electron chi connectivity index (χ3n) is 5.33. The molecule has 32 heavy (non-hydrogen) atoms. The fourth-order valence-corrected chi connectivity index (χ4v) is 3.67. The molecule has 0 atom stereocenters. The molecule has 0 radical (unpaired) electrons. The monoisotopic (exact) mass is 438 g/mol. The van der Waals surface area contributed by atoms with E-state index < -0.39 is 0 Å². The first-order valence-electron chi connectivity index (χ1n) is 11.4. The summed E-state index contributed by atoms with van der Waals surface area (Å²) in [6.07, 6.45) is 3.41. The maximum Gasteiger partial charge on any atom is 0.253 e. The van der Waals surface area contributed by atoms with Crippen LogP contribution in [0, 0.1) is 0 Å². The van der Waals surface area contributed by atoms with Gasteiger partial charge in [0.15, 0.2) is 17.5 Å². The van der Waals surface area contributed by atoms with Crippen LogP contribution in [0.15, 0.2) is 47.5 Å². The molecule has 2 N–H and O–H groups in total. The number of anilines is 1. The summed E-state index contributed by atoms with van der Waals surface area (Å²) >= 11 is 0. The Morgan fingerprint density at radius 1 is 1.03 bits per heavy atom. The summed E-state index contributed by atoms with van der Waals surface area (Å²) in [5.74, 6) is 2.18. The van der Waals surface area contributed by atoms with Gasteiger partial charge in [0.25, 0.3) is 5.91 Å². The van der Waals surface area contributed by atoms with Gasteiger partial charge in [-0.05, 0) is 62.9 Å². The highest BCUT2D eigenvalue weighted by atomic mass is 16.5. The first-order valence-corrected chi connectivity index (χ1v) is 11.4. The molecule has 172 valence electrons. The predicted molar refractivity (Wildman–Crippen MR) is 129 cm³/mol. The largest absolute Gasteiger partial charge is 0.493 e. The molecule has 0 aliphatic carbocycles. The minimum atomic E-state index is 0.124. The molecular formula is C25H34N4O3. The number of carbonyl (C=O) groups is 1. The number of nitrogens with zero attached hydrogens (tertiary/aromatic N) is 2. The Morgan fingerprint density at radius 2 is 1.78 bits per heavy atom. The zero-order chi connectivity index (χ0) is 22.8. The first-order chi connectivity index (χ1) is 15.6. The van der Waals surface area contributed by atoms with Crippen LogP contribution in [-0.2, 0) is 6.54 Å². The van der Waals surface area contributed by atoms with Crippen LogP contribution in [0.25, 0.3) is 0 Å². The van der Waals surface area contributed by atoms with Crippen LogP contribution in [0.3, 0.4) is 0 Å². The van der Waals surface area contributed by atoms with E-state index in [4.69, 9.17) is 9.47 Å². The van der Waals surface area contributed by atoms with Crippen molar-refractivity contribution in [3.8, 4) is 11.5 Å². The van der Waals surface area contributed by atoms with E-state index in [0.29, 0.717) is 30.6 Å². The Bertz CT molecular complexity index is 906. The summed E-state index contributed by atoms with van der Waals surface area (Å²) in [4.78, 5) is 19.3. The number of hydrogen-bond donors (Lipinski definition) is 2. The number of piperidine rings is 1. The molecule has 1 aliphatic heterocycles. The minimum absolute atomic E-state index is 0.124. The summed E-state index contributed by atoms with van der Waals surface area (Å²) in [7, 11) is 1.63. The van der Waals surface area contributed by atoms with Crippen molar-refractivity contribution in [1.29, 1.82) is 0 Å². The van der Waals surface area contributed by atoms with Gasteiger partial charge in [0.1, 0.15) is 0 Å². The van der Waals surface area contributed by atoms with E-state index in [1.165, 1.54) is 6.42 Å². The van der Waals surface area contributed by atoms with E-state index in [-0.39, 0.29) is 5.91 Å². The third-order valence-corrected chi connectivity index (χ3v) is 5.33. The van der Waals surface area contributed by atoms with Gasteiger partial charge < -0.3 is 25.0 Å². The number of methoxy groups -OCH3 is 1. The number of likely N-dealkylation sites (tertiary alicyclic amines) is 1. The molecule has 1 amide bonds. The Hall–Kier alpha value is -3.22. The van der Waals surface area contributed by atoms with Crippen molar-refractivity contribution in [1.82, 2.24) is 10.2 Å². The molecule has 2 aromatic rings. The van der Waals surface area contributed by atoms with Crippen LogP contribution >= 0.6 is 0 Å². The number of guanidine groups is 1. The van der Waals surface area contributed by atoms with Crippen LogP contribution in [0.5, 0.6) is 11.5 Å². The molecule has 1 aliphatic rings. The van der Waals surface area contributed by atoms with Gasteiger partial charge in [-0.2, -0.15) is 0 Å². The zero-order valence-corrected chi connectivity index (χ0v) is 19.3. The number of carbonyl (C=O) groups excluding carboxylic acids is 1. The van der Waals surface area contributed by atoms with Crippen molar-refractivity contribution in [3.63, 3.8) is 0 Å². The van der Waals surface area contributed by atoms with Crippen molar-refractivity contribution in [3.05, 3.63) is 53.6 Å². The lowest BCUT2D eigenvalue weighted by Crippen LogP contribution is -2.35. The molecule has 0 spiro atoms. The molecule has 1 heterocycles. The zero-order valence-electron chi connectivity index (χ0n) is 19.3. The van der Waals surface area contributed by atoms with E-state index >= 15 is 0 Å². The number of nitrogens with one attached hydrogen (secondary N) is 2. The van der Waals surface area contributed by atoms with Gasteiger partial charge in [0, 0.05) is 37.0 Å². The van der Waals surface area contributed by atoms with Crippen molar-refractivity contribution in [2.24, 2.45) is 4.99 Å². The van der Waals surface area contributed by atoms with Gasteiger partial charge >= 0.3 is 0 Å². The number of rotatable bonds is 8. The number of amides is 1.